The number of esters is 1. The van der Waals surface area contributed by atoms with E-state index in [1.54, 1.807) is 10.9 Å². The first kappa shape index (κ1) is 16.3. The van der Waals surface area contributed by atoms with E-state index in [0.717, 1.165) is 31.5 Å². The number of ether oxygens (including phenoxy) is 1. The second kappa shape index (κ2) is 6.79. The van der Waals surface area contributed by atoms with Gasteiger partial charge in [-0.25, -0.2) is 4.79 Å². The molecule has 21 heavy (non-hydrogen) atoms. The molecule has 0 aromatic carbocycles. The Kier molecular flexibility index (Phi) is 5.27. The third kappa shape index (κ3) is 3.40. The van der Waals surface area contributed by atoms with Crippen LogP contribution >= 0.6 is 11.6 Å². The number of carbonyl (C=O) groups excluding carboxylic acids is 1. The monoisotopic (exact) mass is 313 g/mol. The van der Waals surface area contributed by atoms with Gasteiger partial charge in [-0.1, -0.05) is 18.5 Å². The van der Waals surface area contributed by atoms with Crippen molar-refractivity contribution in [2.45, 2.75) is 52.1 Å². The van der Waals surface area contributed by atoms with E-state index in [1.165, 1.54) is 0 Å². The van der Waals surface area contributed by atoms with Gasteiger partial charge in [0.15, 0.2) is 0 Å². The largest absolute Gasteiger partial charge is 0.465 e. The Morgan fingerprint density at radius 1 is 1.57 bits per heavy atom. The van der Waals surface area contributed by atoms with Gasteiger partial charge in [-0.05, 0) is 45.6 Å². The summed E-state index contributed by atoms with van der Waals surface area (Å²) in [6.45, 7) is 7.48. The van der Waals surface area contributed by atoms with E-state index in [2.05, 4.69) is 17.3 Å². The van der Waals surface area contributed by atoms with Crippen LogP contribution in [-0.4, -0.2) is 34.4 Å². The number of nitrogens with zero attached hydrogens (tertiary/aromatic N) is 2. The van der Waals surface area contributed by atoms with Crippen molar-refractivity contribution in [2.75, 3.05) is 13.2 Å². The maximum absolute atomic E-state index is 12.6. The molecule has 1 saturated carbocycles. The molecule has 1 unspecified atom stereocenters. The predicted octanol–water partition coefficient (Wildman–Crippen LogP) is 2.56. The standard InChI is InChI=1S/C15H24ClN3O2/c1-4-8-17-15(12-6-7-12,14(20)21-5-2)10-19-11(3)13(16)9-18-19/h9,12,17H,4-8,10H2,1-3H3. The summed E-state index contributed by atoms with van der Waals surface area (Å²) in [6.07, 6.45) is 4.68. The molecule has 1 atom stereocenters. The van der Waals surface area contributed by atoms with Gasteiger partial charge in [-0.2, -0.15) is 5.10 Å². The van der Waals surface area contributed by atoms with Crippen LogP contribution < -0.4 is 5.32 Å². The first-order valence-corrected chi connectivity index (χ1v) is 8.03. The fraction of sp³-hybridized carbons (Fsp3) is 0.733. The number of hydrogen-bond acceptors (Lipinski definition) is 4. The maximum atomic E-state index is 12.6. The van der Waals surface area contributed by atoms with Crippen molar-refractivity contribution in [3.05, 3.63) is 16.9 Å². The molecule has 0 amide bonds. The van der Waals surface area contributed by atoms with Gasteiger partial charge in [0.2, 0.25) is 0 Å². The Morgan fingerprint density at radius 3 is 2.76 bits per heavy atom. The Bertz CT molecular complexity index is 499. The molecule has 1 aromatic heterocycles. The highest BCUT2D eigenvalue weighted by atomic mass is 35.5. The molecule has 0 bridgehead atoms. The van der Waals surface area contributed by atoms with Gasteiger partial charge in [-0.15, -0.1) is 0 Å². The quantitative estimate of drug-likeness (QED) is 0.749. The summed E-state index contributed by atoms with van der Waals surface area (Å²) in [5.41, 5.74) is 0.191. The molecule has 1 aromatic rings. The first-order valence-electron chi connectivity index (χ1n) is 7.65. The molecule has 1 N–H and O–H groups in total. The lowest BCUT2D eigenvalue weighted by Crippen LogP contribution is -2.58. The van der Waals surface area contributed by atoms with Crippen LogP contribution in [0.25, 0.3) is 0 Å². The molecule has 1 heterocycles. The minimum atomic E-state index is -0.688. The second-order valence-electron chi connectivity index (χ2n) is 5.63. The van der Waals surface area contributed by atoms with Crippen molar-refractivity contribution in [2.24, 2.45) is 5.92 Å². The molecule has 1 fully saturated rings. The van der Waals surface area contributed by atoms with Crippen LogP contribution in [0.5, 0.6) is 0 Å². The fourth-order valence-electron chi connectivity index (χ4n) is 2.64. The van der Waals surface area contributed by atoms with Gasteiger partial charge in [0.1, 0.15) is 5.54 Å². The Morgan fingerprint density at radius 2 is 2.29 bits per heavy atom. The first-order chi connectivity index (χ1) is 10.0. The molecular weight excluding hydrogens is 290 g/mol. The predicted molar refractivity (Wildman–Crippen MR) is 82.4 cm³/mol. The molecular formula is C15H24ClN3O2. The number of carbonyl (C=O) groups is 1. The molecule has 0 radical (unpaired) electrons. The van der Waals surface area contributed by atoms with Crippen LogP contribution in [0.1, 0.15) is 38.8 Å². The number of halogens is 1. The van der Waals surface area contributed by atoms with Crippen LogP contribution in [-0.2, 0) is 16.1 Å². The average molecular weight is 314 g/mol. The average Bonchev–Trinajstić information content (AvgIpc) is 3.26. The minimum absolute atomic E-state index is 0.174. The molecule has 6 heteroatoms. The van der Waals surface area contributed by atoms with Crippen molar-refractivity contribution >= 4 is 17.6 Å². The van der Waals surface area contributed by atoms with E-state index in [0.29, 0.717) is 24.1 Å². The number of nitrogens with one attached hydrogen (secondary N) is 1. The van der Waals surface area contributed by atoms with E-state index in [-0.39, 0.29) is 5.97 Å². The summed E-state index contributed by atoms with van der Waals surface area (Å²) in [4.78, 5) is 12.6. The highest BCUT2D eigenvalue weighted by molar-refractivity contribution is 6.31. The highest BCUT2D eigenvalue weighted by Crippen LogP contribution is 2.42. The SMILES string of the molecule is CCCNC(Cn1ncc(Cl)c1C)(C(=O)OCC)C1CC1. The molecule has 1 aliphatic carbocycles. The van der Waals surface area contributed by atoms with Crippen molar-refractivity contribution < 1.29 is 9.53 Å². The van der Waals surface area contributed by atoms with Crippen molar-refractivity contribution in [3.8, 4) is 0 Å². The van der Waals surface area contributed by atoms with Crippen molar-refractivity contribution in [3.63, 3.8) is 0 Å². The minimum Gasteiger partial charge on any atom is -0.465 e. The van der Waals surface area contributed by atoms with Crippen LogP contribution in [0, 0.1) is 12.8 Å². The van der Waals surface area contributed by atoms with Gasteiger partial charge in [0, 0.05) is 0 Å². The second-order valence-corrected chi connectivity index (χ2v) is 6.04. The molecule has 2 rings (SSSR count). The summed E-state index contributed by atoms with van der Waals surface area (Å²) in [7, 11) is 0. The van der Waals surface area contributed by atoms with Crippen LogP contribution in [0.3, 0.4) is 0 Å². The number of hydrogen-bond donors (Lipinski definition) is 1. The zero-order chi connectivity index (χ0) is 15.5. The van der Waals surface area contributed by atoms with Crippen LogP contribution in [0.2, 0.25) is 5.02 Å². The Labute approximate surface area is 131 Å². The van der Waals surface area contributed by atoms with Crippen LogP contribution in [0.15, 0.2) is 6.20 Å². The molecule has 1 aliphatic rings. The van der Waals surface area contributed by atoms with E-state index in [1.807, 2.05) is 13.8 Å². The van der Waals surface area contributed by atoms with Gasteiger partial charge < -0.3 is 10.1 Å². The van der Waals surface area contributed by atoms with E-state index < -0.39 is 5.54 Å². The van der Waals surface area contributed by atoms with Crippen molar-refractivity contribution in [1.29, 1.82) is 0 Å². The Balaban J connectivity index is 2.28. The zero-order valence-corrected chi connectivity index (χ0v) is 13.7. The van der Waals surface area contributed by atoms with Gasteiger partial charge >= 0.3 is 5.97 Å². The van der Waals surface area contributed by atoms with Crippen LogP contribution in [0.4, 0.5) is 0 Å². The molecule has 118 valence electrons. The lowest BCUT2D eigenvalue weighted by Gasteiger charge is -2.33. The lowest BCUT2D eigenvalue weighted by molar-refractivity contribution is -0.153. The summed E-state index contributed by atoms with van der Waals surface area (Å²) in [5, 5.41) is 8.36. The van der Waals surface area contributed by atoms with Gasteiger partial charge in [0.05, 0.1) is 30.1 Å². The van der Waals surface area contributed by atoms with Gasteiger partial charge in [-0.3, -0.25) is 4.68 Å². The third-order valence-electron chi connectivity index (χ3n) is 4.05. The number of rotatable bonds is 8. The van der Waals surface area contributed by atoms with E-state index >= 15 is 0 Å². The summed E-state index contributed by atoms with van der Waals surface area (Å²) < 4.78 is 7.15. The number of aromatic nitrogens is 2. The summed E-state index contributed by atoms with van der Waals surface area (Å²) in [5.74, 6) is 0.137. The normalized spacial score (nSPS) is 17.5. The Hall–Kier alpha value is -1.07. The highest BCUT2D eigenvalue weighted by Gasteiger charge is 2.52. The molecule has 5 nitrogen and oxygen atoms in total. The smallest absolute Gasteiger partial charge is 0.328 e. The van der Waals surface area contributed by atoms with E-state index in [9.17, 15) is 4.79 Å². The molecule has 0 aliphatic heterocycles. The topological polar surface area (TPSA) is 56.2 Å². The molecule has 0 spiro atoms. The fourth-order valence-corrected chi connectivity index (χ4v) is 2.78. The van der Waals surface area contributed by atoms with Crippen molar-refractivity contribution in [1.82, 2.24) is 15.1 Å². The van der Waals surface area contributed by atoms with E-state index in [4.69, 9.17) is 16.3 Å². The molecule has 0 saturated heterocycles. The maximum Gasteiger partial charge on any atom is 0.328 e. The zero-order valence-electron chi connectivity index (χ0n) is 13.0. The van der Waals surface area contributed by atoms with Gasteiger partial charge in [0.25, 0.3) is 0 Å². The third-order valence-corrected chi connectivity index (χ3v) is 4.42. The summed E-state index contributed by atoms with van der Waals surface area (Å²) in [6, 6.07) is 0. The summed E-state index contributed by atoms with van der Waals surface area (Å²) >= 11 is 6.08. The lowest BCUT2D eigenvalue weighted by atomic mass is 9.92.